The minimum atomic E-state index is -0.624. The van der Waals surface area contributed by atoms with Crippen molar-refractivity contribution in [3.63, 3.8) is 0 Å². The Labute approximate surface area is 108 Å². The molecular weight excluding hydrogens is 280 g/mol. The minimum absolute atomic E-state index is 0.502. The van der Waals surface area contributed by atoms with E-state index in [9.17, 15) is 5.11 Å². The minimum Gasteiger partial charge on any atom is -0.488 e. The maximum absolute atomic E-state index is 10.4. The summed E-state index contributed by atoms with van der Waals surface area (Å²) in [4.78, 5) is 0. The highest BCUT2D eigenvalue weighted by molar-refractivity contribution is 9.10. The van der Waals surface area contributed by atoms with Gasteiger partial charge in [-0.1, -0.05) is 40.2 Å². The van der Waals surface area contributed by atoms with Gasteiger partial charge < -0.3 is 9.84 Å². The van der Waals surface area contributed by atoms with Gasteiger partial charge in [0.1, 0.15) is 18.5 Å². The molecule has 0 aliphatic carbocycles. The second kappa shape index (κ2) is 4.17. The Morgan fingerprint density at radius 1 is 1.12 bits per heavy atom. The zero-order valence-electron chi connectivity index (χ0n) is 9.06. The molecule has 0 spiro atoms. The van der Waals surface area contributed by atoms with E-state index >= 15 is 0 Å². The zero-order valence-corrected chi connectivity index (χ0v) is 10.6. The van der Waals surface area contributed by atoms with Gasteiger partial charge in [-0.2, -0.15) is 0 Å². The lowest BCUT2D eigenvalue weighted by molar-refractivity contribution is 0.218. The number of ether oxygens (including phenoxy) is 1. The molecule has 3 rings (SSSR count). The number of hydrogen-bond donors (Lipinski definition) is 1. The average Bonchev–Trinajstić information content (AvgIpc) is 2.49. The number of aliphatic hydroxyl groups is 1. The number of benzene rings is 2. The molecule has 0 aromatic heterocycles. The van der Waals surface area contributed by atoms with E-state index < -0.39 is 6.10 Å². The Morgan fingerprint density at radius 3 is 2.82 bits per heavy atom. The van der Waals surface area contributed by atoms with Crippen LogP contribution in [0.3, 0.4) is 0 Å². The van der Waals surface area contributed by atoms with Gasteiger partial charge in [0.25, 0.3) is 0 Å². The third-order valence-corrected chi connectivity index (χ3v) is 3.49. The Bertz CT molecular complexity index is 566. The molecular formula is C14H11BrO2. The molecule has 1 aliphatic rings. The maximum atomic E-state index is 10.4. The van der Waals surface area contributed by atoms with E-state index in [4.69, 9.17) is 4.74 Å². The molecule has 0 saturated heterocycles. The lowest BCUT2D eigenvalue weighted by atomic mass is 9.98. The lowest BCUT2D eigenvalue weighted by Crippen LogP contribution is -2.00. The summed E-state index contributed by atoms with van der Waals surface area (Å²) in [7, 11) is 0. The van der Waals surface area contributed by atoms with E-state index in [0.29, 0.717) is 6.61 Å². The van der Waals surface area contributed by atoms with Gasteiger partial charge in [0.2, 0.25) is 0 Å². The van der Waals surface area contributed by atoms with Gasteiger partial charge in [-0.3, -0.25) is 0 Å². The normalized spacial score (nSPS) is 17.6. The predicted molar refractivity (Wildman–Crippen MR) is 69.0 cm³/mol. The molecule has 0 saturated carbocycles. The van der Waals surface area contributed by atoms with Crippen molar-refractivity contribution in [1.82, 2.24) is 0 Å². The summed E-state index contributed by atoms with van der Waals surface area (Å²) < 4.78 is 6.66. The average molecular weight is 291 g/mol. The van der Waals surface area contributed by atoms with Crippen LogP contribution in [0.25, 0.3) is 0 Å². The van der Waals surface area contributed by atoms with E-state index in [1.807, 2.05) is 42.5 Å². The van der Waals surface area contributed by atoms with Gasteiger partial charge in [-0.15, -0.1) is 0 Å². The smallest absolute Gasteiger partial charge is 0.126 e. The van der Waals surface area contributed by atoms with Crippen LogP contribution in [0.15, 0.2) is 46.9 Å². The van der Waals surface area contributed by atoms with Crippen molar-refractivity contribution < 1.29 is 9.84 Å². The van der Waals surface area contributed by atoms with Gasteiger partial charge in [0, 0.05) is 10.0 Å². The van der Waals surface area contributed by atoms with Gasteiger partial charge >= 0.3 is 0 Å². The summed E-state index contributed by atoms with van der Waals surface area (Å²) in [6.45, 7) is 0.502. The molecule has 86 valence electrons. The molecule has 17 heavy (non-hydrogen) atoms. The fraction of sp³-hybridized carbons (Fsp3) is 0.143. The van der Waals surface area contributed by atoms with E-state index in [0.717, 1.165) is 26.9 Å². The summed E-state index contributed by atoms with van der Waals surface area (Å²) in [6.07, 6.45) is -0.624. The molecule has 1 aliphatic heterocycles. The van der Waals surface area contributed by atoms with Gasteiger partial charge in [-0.25, -0.2) is 0 Å². The first-order valence-electron chi connectivity index (χ1n) is 5.44. The van der Waals surface area contributed by atoms with Crippen LogP contribution < -0.4 is 4.74 Å². The Hall–Kier alpha value is -1.32. The Balaban J connectivity index is 2.18. The molecule has 3 heteroatoms. The Kier molecular flexibility index (Phi) is 2.65. The van der Waals surface area contributed by atoms with Crippen LogP contribution in [-0.2, 0) is 6.61 Å². The third-order valence-electron chi connectivity index (χ3n) is 3.00. The first kappa shape index (κ1) is 10.8. The van der Waals surface area contributed by atoms with Crippen molar-refractivity contribution in [1.29, 1.82) is 0 Å². The van der Waals surface area contributed by atoms with E-state index in [2.05, 4.69) is 15.9 Å². The van der Waals surface area contributed by atoms with Crippen LogP contribution in [0.4, 0.5) is 0 Å². The van der Waals surface area contributed by atoms with E-state index in [-0.39, 0.29) is 0 Å². The summed E-state index contributed by atoms with van der Waals surface area (Å²) in [5.41, 5.74) is 2.76. The monoisotopic (exact) mass is 290 g/mol. The highest BCUT2D eigenvalue weighted by atomic mass is 79.9. The molecule has 1 unspecified atom stereocenters. The van der Waals surface area contributed by atoms with E-state index in [1.54, 1.807) is 0 Å². The Morgan fingerprint density at radius 2 is 1.94 bits per heavy atom. The molecule has 1 heterocycles. The molecule has 1 N–H and O–H groups in total. The topological polar surface area (TPSA) is 29.5 Å². The first-order valence-corrected chi connectivity index (χ1v) is 6.23. The summed E-state index contributed by atoms with van der Waals surface area (Å²) in [6, 6.07) is 13.5. The molecule has 0 radical (unpaired) electrons. The van der Waals surface area contributed by atoms with Gasteiger partial charge in [0.15, 0.2) is 0 Å². The summed E-state index contributed by atoms with van der Waals surface area (Å²) >= 11 is 3.42. The fourth-order valence-electron chi connectivity index (χ4n) is 2.12. The van der Waals surface area contributed by atoms with Crippen LogP contribution in [0.2, 0.25) is 0 Å². The predicted octanol–water partition coefficient (Wildman–Crippen LogP) is 3.42. The third kappa shape index (κ3) is 1.85. The number of rotatable bonds is 0. The lowest BCUT2D eigenvalue weighted by Gasteiger charge is -2.12. The van der Waals surface area contributed by atoms with Crippen molar-refractivity contribution >= 4 is 15.9 Å². The largest absolute Gasteiger partial charge is 0.488 e. The molecule has 1 atom stereocenters. The van der Waals surface area contributed by atoms with Crippen molar-refractivity contribution in [3.05, 3.63) is 63.6 Å². The van der Waals surface area contributed by atoms with Gasteiger partial charge in [0.05, 0.1) is 0 Å². The number of halogens is 1. The van der Waals surface area contributed by atoms with Crippen molar-refractivity contribution in [2.75, 3.05) is 0 Å². The molecule has 2 aromatic rings. The van der Waals surface area contributed by atoms with E-state index in [1.165, 1.54) is 0 Å². The highest BCUT2D eigenvalue weighted by Gasteiger charge is 2.22. The number of fused-ring (bicyclic) bond motifs is 2. The van der Waals surface area contributed by atoms with Crippen LogP contribution in [0.1, 0.15) is 22.8 Å². The fourth-order valence-corrected chi connectivity index (χ4v) is 2.50. The quantitative estimate of drug-likeness (QED) is 0.806. The molecule has 0 amide bonds. The van der Waals surface area contributed by atoms with Crippen LogP contribution in [0.5, 0.6) is 5.75 Å². The SMILES string of the molecule is OC1c2ccccc2COc2ccc(Br)cc21. The summed E-state index contributed by atoms with van der Waals surface area (Å²) in [5, 5.41) is 10.4. The second-order valence-corrected chi connectivity index (χ2v) is 4.99. The maximum Gasteiger partial charge on any atom is 0.126 e. The van der Waals surface area contributed by atoms with Crippen LogP contribution in [-0.4, -0.2) is 5.11 Å². The van der Waals surface area contributed by atoms with Crippen LogP contribution in [0, 0.1) is 0 Å². The summed E-state index contributed by atoms with van der Waals surface area (Å²) in [5.74, 6) is 0.747. The van der Waals surface area contributed by atoms with Crippen molar-refractivity contribution in [2.24, 2.45) is 0 Å². The second-order valence-electron chi connectivity index (χ2n) is 4.07. The molecule has 0 bridgehead atoms. The number of aliphatic hydroxyl groups excluding tert-OH is 1. The highest BCUT2D eigenvalue weighted by Crippen LogP contribution is 2.36. The molecule has 2 aromatic carbocycles. The van der Waals surface area contributed by atoms with Crippen molar-refractivity contribution in [2.45, 2.75) is 12.7 Å². The first-order chi connectivity index (χ1) is 8.25. The van der Waals surface area contributed by atoms with Gasteiger partial charge in [-0.05, 0) is 29.3 Å². The zero-order chi connectivity index (χ0) is 11.8. The van der Waals surface area contributed by atoms with Crippen molar-refractivity contribution in [3.8, 4) is 5.75 Å². The molecule has 0 fully saturated rings. The standard InChI is InChI=1S/C14H11BrO2/c15-10-5-6-13-12(7-10)14(16)11-4-2-1-3-9(11)8-17-13/h1-7,14,16H,8H2. The van der Waals surface area contributed by atoms with Crippen LogP contribution >= 0.6 is 15.9 Å². The number of hydrogen-bond acceptors (Lipinski definition) is 2. The molecule has 2 nitrogen and oxygen atoms in total.